The summed E-state index contributed by atoms with van der Waals surface area (Å²) in [5.74, 6) is 0.803. The Morgan fingerprint density at radius 2 is 2.50 bits per heavy atom. The molecule has 1 N–H and O–H groups in total. The van der Waals surface area contributed by atoms with E-state index in [0.29, 0.717) is 0 Å². The molecule has 1 aliphatic heterocycles. The summed E-state index contributed by atoms with van der Waals surface area (Å²) in [6.45, 7) is 8.80. The summed E-state index contributed by atoms with van der Waals surface area (Å²) in [6.07, 6.45) is 3.42. The Bertz CT molecular complexity index is 314. The number of aromatic nitrogens is 2. The van der Waals surface area contributed by atoms with Gasteiger partial charge in [0.1, 0.15) is 0 Å². The largest absolute Gasteiger partial charge is 0.343 e. The van der Waals surface area contributed by atoms with Gasteiger partial charge >= 0.3 is 0 Å². The second-order valence-corrected chi connectivity index (χ2v) is 4.71. The molecular weight excluding hydrogens is 204 g/mol. The van der Waals surface area contributed by atoms with Crippen LogP contribution in [0.1, 0.15) is 26.1 Å². The maximum atomic E-state index is 4.72. The van der Waals surface area contributed by atoms with E-state index in [1.54, 1.807) is 0 Å². The van der Waals surface area contributed by atoms with E-state index in [-0.39, 0.29) is 5.54 Å². The Labute approximate surface area is 96.2 Å². The molecular formula is C11H20N4O. The highest BCUT2D eigenvalue weighted by Crippen LogP contribution is 2.15. The predicted octanol–water partition coefficient (Wildman–Crippen LogP) is 0.686. The summed E-state index contributed by atoms with van der Waals surface area (Å²) >= 11 is 0. The maximum absolute atomic E-state index is 4.72. The monoisotopic (exact) mass is 224 g/mol. The van der Waals surface area contributed by atoms with Crippen LogP contribution in [0.2, 0.25) is 0 Å². The molecule has 90 valence electrons. The first-order valence-corrected chi connectivity index (χ1v) is 5.94. The van der Waals surface area contributed by atoms with Crippen LogP contribution < -0.4 is 5.32 Å². The normalized spacial score (nSPS) is 27.1. The van der Waals surface area contributed by atoms with E-state index >= 15 is 0 Å². The Hall–Kier alpha value is -0.940. The van der Waals surface area contributed by atoms with Crippen LogP contribution in [-0.4, -0.2) is 46.8 Å². The average molecular weight is 224 g/mol. The SMILES string of the molecule is CCC1(C)CN(CCc2ncon2)CCN1. The lowest BCUT2D eigenvalue weighted by Crippen LogP contribution is -2.58. The molecule has 0 aromatic carbocycles. The lowest BCUT2D eigenvalue weighted by Gasteiger charge is -2.41. The van der Waals surface area contributed by atoms with Crippen LogP contribution >= 0.6 is 0 Å². The van der Waals surface area contributed by atoms with Crippen LogP contribution in [0.5, 0.6) is 0 Å². The van der Waals surface area contributed by atoms with Gasteiger partial charge in [-0.15, -0.1) is 0 Å². The fraction of sp³-hybridized carbons (Fsp3) is 0.818. The summed E-state index contributed by atoms with van der Waals surface area (Å²) in [5.41, 5.74) is 0.259. The number of rotatable bonds is 4. The first-order chi connectivity index (χ1) is 7.72. The van der Waals surface area contributed by atoms with Gasteiger partial charge in [-0.25, -0.2) is 0 Å². The molecule has 1 atom stereocenters. The van der Waals surface area contributed by atoms with Crippen molar-refractivity contribution in [3.05, 3.63) is 12.2 Å². The van der Waals surface area contributed by atoms with Crippen molar-refractivity contribution in [3.63, 3.8) is 0 Å². The highest BCUT2D eigenvalue weighted by Gasteiger charge is 2.28. The zero-order valence-electron chi connectivity index (χ0n) is 10.1. The Balaban J connectivity index is 1.81. The minimum Gasteiger partial charge on any atom is -0.343 e. The highest BCUT2D eigenvalue weighted by atomic mass is 16.5. The molecule has 0 bridgehead atoms. The van der Waals surface area contributed by atoms with Crippen molar-refractivity contribution >= 4 is 0 Å². The molecule has 1 saturated heterocycles. The standard InChI is InChI=1S/C11H20N4O/c1-3-11(2)8-15(7-5-13-11)6-4-10-12-9-16-14-10/h9,13H,3-8H2,1-2H3. The van der Waals surface area contributed by atoms with Gasteiger partial charge in [-0.2, -0.15) is 4.98 Å². The predicted molar refractivity (Wildman–Crippen MR) is 61.1 cm³/mol. The number of nitrogens with one attached hydrogen (secondary N) is 1. The first-order valence-electron chi connectivity index (χ1n) is 5.94. The topological polar surface area (TPSA) is 54.2 Å². The van der Waals surface area contributed by atoms with Crippen LogP contribution in [0.4, 0.5) is 0 Å². The Morgan fingerprint density at radius 1 is 1.62 bits per heavy atom. The van der Waals surface area contributed by atoms with Crippen molar-refractivity contribution in [2.75, 3.05) is 26.2 Å². The molecule has 0 radical (unpaired) electrons. The molecule has 1 fully saturated rings. The van der Waals surface area contributed by atoms with Gasteiger partial charge in [0.15, 0.2) is 5.82 Å². The molecule has 0 amide bonds. The zero-order valence-corrected chi connectivity index (χ0v) is 10.1. The number of nitrogens with zero attached hydrogens (tertiary/aromatic N) is 3. The number of hydrogen-bond acceptors (Lipinski definition) is 5. The molecule has 1 aromatic heterocycles. The van der Waals surface area contributed by atoms with Gasteiger partial charge in [-0.3, -0.25) is 4.90 Å². The van der Waals surface area contributed by atoms with Crippen molar-refractivity contribution in [1.29, 1.82) is 0 Å². The van der Waals surface area contributed by atoms with Crippen LogP contribution in [0, 0.1) is 0 Å². The van der Waals surface area contributed by atoms with Crippen molar-refractivity contribution < 1.29 is 4.52 Å². The van der Waals surface area contributed by atoms with Gasteiger partial charge in [0.2, 0.25) is 6.39 Å². The van der Waals surface area contributed by atoms with Gasteiger partial charge in [0.25, 0.3) is 0 Å². The van der Waals surface area contributed by atoms with E-state index in [0.717, 1.165) is 44.8 Å². The van der Waals surface area contributed by atoms with Crippen LogP contribution in [0.25, 0.3) is 0 Å². The third-order valence-electron chi connectivity index (χ3n) is 3.39. The Kier molecular flexibility index (Phi) is 3.56. The number of hydrogen-bond donors (Lipinski definition) is 1. The molecule has 0 aliphatic carbocycles. The highest BCUT2D eigenvalue weighted by molar-refractivity contribution is 4.91. The third kappa shape index (κ3) is 2.80. The van der Waals surface area contributed by atoms with E-state index < -0.39 is 0 Å². The van der Waals surface area contributed by atoms with E-state index in [1.165, 1.54) is 6.39 Å². The van der Waals surface area contributed by atoms with Crippen molar-refractivity contribution in [3.8, 4) is 0 Å². The molecule has 0 spiro atoms. The van der Waals surface area contributed by atoms with Crippen molar-refractivity contribution in [2.24, 2.45) is 0 Å². The summed E-state index contributed by atoms with van der Waals surface area (Å²) in [6, 6.07) is 0. The zero-order chi connectivity index (χ0) is 11.4. The lowest BCUT2D eigenvalue weighted by atomic mass is 9.96. The van der Waals surface area contributed by atoms with Gasteiger partial charge in [-0.1, -0.05) is 12.1 Å². The molecule has 2 heterocycles. The summed E-state index contributed by atoms with van der Waals surface area (Å²) in [7, 11) is 0. The Morgan fingerprint density at radius 3 is 3.19 bits per heavy atom. The van der Waals surface area contributed by atoms with Crippen LogP contribution in [-0.2, 0) is 6.42 Å². The van der Waals surface area contributed by atoms with E-state index in [2.05, 4.69) is 34.2 Å². The fourth-order valence-electron chi connectivity index (χ4n) is 2.13. The molecule has 1 aromatic rings. The summed E-state index contributed by atoms with van der Waals surface area (Å²) < 4.78 is 4.72. The van der Waals surface area contributed by atoms with Gasteiger partial charge in [-0.05, 0) is 13.3 Å². The van der Waals surface area contributed by atoms with E-state index in [4.69, 9.17) is 4.52 Å². The number of piperazine rings is 1. The lowest BCUT2D eigenvalue weighted by molar-refractivity contribution is 0.140. The van der Waals surface area contributed by atoms with Crippen molar-refractivity contribution in [1.82, 2.24) is 20.4 Å². The van der Waals surface area contributed by atoms with Crippen LogP contribution in [0.3, 0.4) is 0 Å². The van der Waals surface area contributed by atoms with E-state index in [1.807, 2.05) is 0 Å². The molecule has 1 aliphatic rings. The van der Waals surface area contributed by atoms with Gasteiger partial charge in [0.05, 0.1) is 0 Å². The minimum absolute atomic E-state index is 0.259. The smallest absolute Gasteiger partial charge is 0.213 e. The second-order valence-electron chi connectivity index (χ2n) is 4.71. The third-order valence-corrected chi connectivity index (χ3v) is 3.39. The first kappa shape index (κ1) is 11.5. The van der Waals surface area contributed by atoms with Crippen LogP contribution in [0.15, 0.2) is 10.9 Å². The minimum atomic E-state index is 0.259. The summed E-state index contributed by atoms with van der Waals surface area (Å²) in [5, 5.41) is 7.41. The quantitative estimate of drug-likeness (QED) is 0.815. The average Bonchev–Trinajstić information content (AvgIpc) is 2.80. The molecule has 5 nitrogen and oxygen atoms in total. The van der Waals surface area contributed by atoms with Gasteiger partial charge < -0.3 is 9.84 Å². The molecule has 0 saturated carbocycles. The molecule has 1 unspecified atom stereocenters. The fourth-order valence-corrected chi connectivity index (χ4v) is 2.13. The van der Waals surface area contributed by atoms with E-state index in [9.17, 15) is 0 Å². The molecule has 5 heteroatoms. The molecule has 16 heavy (non-hydrogen) atoms. The van der Waals surface area contributed by atoms with Crippen molar-refractivity contribution in [2.45, 2.75) is 32.2 Å². The summed E-state index contributed by atoms with van der Waals surface area (Å²) in [4.78, 5) is 6.51. The maximum Gasteiger partial charge on any atom is 0.213 e. The second kappa shape index (κ2) is 4.93. The molecule has 2 rings (SSSR count). The van der Waals surface area contributed by atoms with Gasteiger partial charge in [0, 0.05) is 38.1 Å².